The molecule has 4 nitrogen and oxygen atoms in total. The molecule has 0 unspecified atom stereocenters. The molecular formula is C7H4BrClN3O+. The highest BCUT2D eigenvalue weighted by molar-refractivity contribution is 9.10. The third-order valence-corrected chi connectivity index (χ3v) is 2.20. The zero-order valence-corrected chi connectivity index (χ0v) is 8.62. The minimum atomic E-state index is 0.0114. The van der Waals surface area contributed by atoms with Crippen LogP contribution in [0, 0.1) is 0 Å². The molecule has 0 bridgehead atoms. The number of hydrogen-bond acceptors (Lipinski definition) is 3. The van der Waals surface area contributed by atoms with Crippen molar-refractivity contribution in [1.82, 2.24) is 10.1 Å². The van der Waals surface area contributed by atoms with E-state index in [2.05, 4.69) is 26.0 Å². The van der Waals surface area contributed by atoms with E-state index in [0.29, 0.717) is 15.9 Å². The summed E-state index contributed by atoms with van der Waals surface area (Å²) in [6.45, 7) is 0. The van der Waals surface area contributed by atoms with Crippen molar-refractivity contribution in [3.05, 3.63) is 28.0 Å². The van der Waals surface area contributed by atoms with Crippen LogP contribution in [0.1, 0.15) is 0 Å². The van der Waals surface area contributed by atoms with Gasteiger partial charge < -0.3 is 0 Å². The van der Waals surface area contributed by atoms with Crippen LogP contribution < -0.4 is 4.85 Å². The lowest BCUT2D eigenvalue weighted by Gasteiger charge is -1.92. The van der Waals surface area contributed by atoms with Crippen LogP contribution in [0.2, 0.25) is 5.28 Å². The Balaban J connectivity index is 2.87. The van der Waals surface area contributed by atoms with Crippen LogP contribution in [0.3, 0.4) is 0 Å². The van der Waals surface area contributed by atoms with Gasteiger partial charge >= 0.3 is 5.52 Å². The van der Waals surface area contributed by atoms with Crippen molar-refractivity contribution in [2.75, 3.05) is 0 Å². The Kier molecular flexibility index (Phi) is 2.05. The first kappa shape index (κ1) is 8.65. The van der Waals surface area contributed by atoms with Crippen LogP contribution in [0.5, 0.6) is 0 Å². The number of nitrogens with zero attached hydrogens (tertiary/aromatic N) is 3. The molecule has 2 rings (SSSR count). The van der Waals surface area contributed by atoms with E-state index in [1.165, 1.54) is 0 Å². The van der Waals surface area contributed by atoms with Crippen LogP contribution in [0.15, 0.2) is 22.7 Å². The summed E-state index contributed by atoms with van der Waals surface area (Å²) in [4.78, 5) is 4.63. The van der Waals surface area contributed by atoms with Crippen LogP contribution >= 0.6 is 27.5 Å². The average Bonchev–Trinajstić information content (AvgIpc) is 2.06. The van der Waals surface area contributed by atoms with Crippen molar-refractivity contribution in [3.63, 3.8) is 0 Å². The Morgan fingerprint density at radius 2 is 2.23 bits per heavy atom. The Bertz CT molecular complexity index is 476. The number of benzene rings is 1. The summed E-state index contributed by atoms with van der Waals surface area (Å²) < 4.78 is 0.841. The number of aromatic nitrogens is 3. The molecule has 0 saturated heterocycles. The second-order valence-electron chi connectivity index (χ2n) is 2.40. The molecule has 1 N–H and O–H groups in total. The van der Waals surface area contributed by atoms with E-state index in [0.717, 1.165) is 4.47 Å². The van der Waals surface area contributed by atoms with E-state index >= 15 is 0 Å². The fraction of sp³-hybridized carbons (Fsp3) is 0. The lowest BCUT2D eigenvalue weighted by Crippen LogP contribution is -2.36. The van der Waals surface area contributed by atoms with Gasteiger partial charge in [0.2, 0.25) is 0 Å². The fourth-order valence-electron chi connectivity index (χ4n) is 1.01. The lowest BCUT2D eigenvalue weighted by atomic mass is 10.3. The first-order valence-electron chi connectivity index (χ1n) is 3.41. The molecule has 66 valence electrons. The molecule has 0 aliphatic rings. The van der Waals surface area contributed by atoms with Gasteiger partial charge in [-0.1, -0.05) is 15.9 Å². The summed E-state index contributed by atoms with van der Waals surface area (Å²) in [6, 6.07) is 5.25. The predicted octanol–water partition coefficient (Wildman–Crippen LogP) is 1.57. The standard InChI is InChI=1S/C7H4BrClN3O/c8-4-1-2-5-6(3-4)12(13)11-7(9)10-5/h1-3H,(H,10,11,13)/q+1. The Morgan fingerprint density at radius 3 is 3.00 bits per heavy atom. The Labute approximate surface area is 86.9 Å². The molecule has 1 aromatic heterocycles. The van der Waals surface area contributed by atoms with Crippen molar-refractivity contribution >= 4 is 38.6 Å². The molecule has 0 fully saturated rings. The summed E-state index contributed by atoms with van der Waals surface area (Å²) >= 11 is 8.82. The van der Waals surface area contributed by atoms with E-state index in [4.69, 9.17) is 11.6 Å². The first-order valence-corrected chi connectivity index (χ1v) is 4.58. The van der Waals surface area contributed by atoms with E-state index in [-0.39, 0.29) is 5.28 Å². The highest BCUT2D eigenvalue weighted by atomic mass is 79.9. The average molecular weight is 261 g/mol. The molecule has 0 aliphatic carbocycles. The monoisotopic (exact) mass is 260 g/mol. The van der Waals surface area contributed by atoms with Gasteiger partial charge in [0.1, 0.15) is 10.4 Å². The van der Waals surface area contributed by atoms with Crippen LogP contribution in [0.25, 0.3) is 11.0 Å². The SMILES string of the molecule is O[n+]1nc(Cl)nc2ccc(Br)cc21. The van der Waals surface area contributed by atoms with Gasteiger partial charge in [-0.05, 0) is 23.7 Å². The molecule has 0 spiro atoms. The Hall–Kier alpha value is -0.940. The quantitative estimate of drug-likeness (QED) is 0.578. The number of halogens is 2. The van der Waals surface area contributed by atoms with Crippen LogP contribution in [-0.4, -0.2) is 15.3 Å². The predicted molar refractivity (Wildman–Crippen MR) is 49.6 cm³/mol. The van der Waals surface area contributed by atoms with Gasteiger partial charge in [0.05, 0.1) is 5.10 Å². The van der Waals surface area contributed by atoms with Gasteiger partial charge in [0.25, 0.3) is 5.28 Å². The lowest BCUT2D eigenvalue weighted by molar-refractivity contribution is -0.929. The maximum atomic E-state index is 9.34. The highest BCUT2D eigenvalue weighted by Gasteiger charge is 2.13. The largest absolute Gasteiger partial charge is 0.316 e. The zero-order valence-electron chi connectivity index (χ0n) is 6.28. The van der Waals surface area contributed by atoms with E-state index in [9.17, 15) is 5.21 Å². The van der Waals surface area contributed by atoms with Crippen molar-refractivity contribution in [2.24, 2.45) is 0 Å². The number of hydrogen-bond donors (Lipinski definition) is 1. The second kappa shape index (κ2) is 3.08. The third kappa shape index (κ3) is 1.57. The maximum Gasteiger partial charge on any atom is 0.316 e. The summed E-state index contributed by atoms with van der Waals surface area (Å²) in [5, 5.41) is 12.9. The molecular weight excluding hydrogens is 257 g/mol. The fourth-order valence-corrected chi connectivity index (χ4v) is 1.52. The van der Waals surface area contributed by atoms with E-state index < -0.39 is 0 Å². The zero-order chi connectivity index (χ0) is 9.42. The molecule has 0 radical (unpaired) electrons. The van der Waals surface area contributed by atoms with Gasteiger partial charge in [-0.25, -0.2) is 4.98 Å². The Morgan fingerprint density at radius 1 is 1.46 bits per heavy atom. The summed E-state index contributed by atoms with van der Waals surface area (Å²) in [7, 11) is 0. The minimum Gasteiger partial charge on any atom is -0.259 e. The molecule has 2 aromatic rings. The summed E-state index contributed by atoms with van der Waals surface area (Å²) in [5.41, 5.74) is 1.09. The van der Waals surface area contributed by atoms with Crippen molar-refractivity contribution in [1.29, 1.82) is 0 Å². The topological polar surface area (TPSA) is 49.9 Å². The van der Waals surface area contributed by atoms with Gasteiger partial charge in [-0.3, -0.25) is 5.21 Å². The summed E-state index contributed by atoms with van der Waals surface area (Å²) in [5.74, 6) is 0. The van der Waals surface area contributed by atoms with Crippen LogP contribution in [-0.2, 0) is 0 Å². The molecule has 0 aliphatic heterocycles. The molecule has 6 heteroatoms. The molecule has 0 saturated carbocycles. The molecule has 0 amide bonds. The first-order chi connectivity index (χ1) is 6.16. The van der Waals surface area contributed by atoms with Crippen LogP contribution in [0.4, 0.5) is 0 Å². The summed E-state index contributed by atoms with van der Waals surface area (Å²) in [6.07, 6.45) is 0. The molecule has 1 heterocycles. The second-order valence-corrected chi connectivity index (χ2v) is 3.66. The normalized spacial score (nSPS) is 10.6. The molecule has 1 aromatic carbocycles. The van der Waals surface area contributed by atoms with E-state index in [1.807, 2.05) is 6.07 Å². The van der Waals surface area contributed by atoms with Gasteiger partial charge in [0.15, 0.2) is 0 Å². The van der Waals surface area contributed by atoms with Gasteiger partial charge in [-0.2, -0.15) is 0 Å². The van der Waals surface area contributed by atoms with Gasteiger partial charge in [0, 0.05) is 10.5 Å². The van der Waals surface area contributed by atoms with Gasteiger partial charge in [-0.15, -0.1) is 0 Å². The van der Waals surface area contributed by atoms with Crippen molar-refractivity contribution in [2.45, 2.75) is 0 Å². The minimum absolute atomic E-state index is 0.0114. The van der Waals surface area contributed by atoms with Crippen molar-refractivity contribution < 1.29 is 10.1 Å². The van der Waals surface area contributed by atoms with Crippen molar-refractivity contribution in [3.8, 4) is 0 Å². The number of rotatable bonds is 0. The smallest absolute Gasteiger partial charge is 0.259 e. The third-order valence-electron chi connectivity index (χ3n) is 1.54. The molecule has 13 heavy (non-hydrogen) atoms. The number of fused-ring (bicyclic) bond motifs is 1. The van der Waals surface area contributed by atoms with E-state index in [1.54, 1.807) is 12.1 Å². The highest BCUT2D eigenvalue weighted by Crippen LogP contribution is 2.15. The molecule has 0 atom stereocenters. The maximum absolute atomic E-state index is 9.34.